The van der Waals surface area contributed by atoms with Crippen molar-refractivity contribution in [1.82, 2.24) is 4.90 Å². The van der Waals surface area contributed by atoms with Gasteiger partial charge in [-0.1, -0.05) is 19.1 Å². The standard InChI is InChI=1S/C14H21NO3/c1-4-6-11(7-5-2)13(16)15-8-10(3)12(9-15)14(17)18/h4-5,10-12H,1-2,6-9H2,3H3,(H,17,18)/t10-,12-/m1/s1. The van der Waals surface area contributed by atoms with Crippen molar-refractivity contribution in [3.05, 3.63) is 25.3 Å². The molecular weight excluding hydrogens is 230 g/mol. The Balaban J connectivity index is 2.69. The first-order valence-corrected chi connectivity index (χ1v) is 6.24. The van der Waals surface area contributed by atoms with Crippen LogP contribution in [0.3, 0.4) is 0 Å². The normalized spacial score (nSPS) is 23.1. The molecule has 1 rings (SSSR count). The zero-order chi connectivity index (χ0) is 13.7. The van der Waals surface area contributed by atoms with E-state index >= 15 is 0 Å². The van der Waals surface area contributed by atoms with Crippen molar-refractivity contribution >= 4 is 11.9 Å². The Morgan fingerprint density at radius 1 is 1.33 bits per heavy atom. The Labute approximate surface area is 108 Å². The largest absolute Gasteiger partial charge is 0.481 e. The molecule has 1 amide bonds. The summed E-state index contributed by atoms with van der Waals surface area (Å²) in [4.78, 5) is 25.0. The van der Waals surface area contributed by atoms with Crippen molar-refractivity contribution in [2.45, 2.75) is 19.8 Å². The van der Waals surface area contributed by atoms with Gasteiger partial charge in [0.25, 0.3) is 0 Å². The smallest absolute Gasteiger partial charge is 0.308 e. The van der Waals surface area contributed by atoms with Crippen molar-refractivity contribution in [3.8, 4) is 0 Å². The fraction of sp³-hybridized carbons (Fsp3) is 0.571. The average Bonchev–Trinajstić information content (AvgIpc) is 2.70. The monoisotopic (exact) mass is 251 g/mol. The molecule has 0 spiro atoms. The molecule has 1 heterocycles. The van der Waals surface area contributed by atoms with Crippen LogP contribution in [0.15, 0.2) is 25.3 Å². The molecule has 1 fully saturated rings. The zero-order valence-electron chi connectivity index (χ0n) is 10.8. The van der Waals surface area contributed by atoms with Crippen LogP contribution in [0.25, 0.3) is 0 Å². The molecule has 0 radical (unpaired) electrons. The van der Waals surface area contributed by atoms with E-state index in [9.17, 15) is 9.59 Å². The van der Waals surface area contributed by atoms with Gasteiger partial charge < -0.3 is 10.0 Å². The van der Waals surface area contributed by atoms with Crippen LogP contribution in [0.2, 0.25) is 0 Å². The maximum absolute atomic E-state index is 12.3. The number of hydrogen-bond acceptors (Lipinski definition) is 2. The molecule has 0 aromatic heterocycles. The molecule has 0 aliphatic carbocycles. The number of allylic oxidation sites excluding steroid dienone is 2. The average molecular weight is 251 g/mol. The van der Waals surface area contributed by atoms with Crippen LogP contribution in [0.4, 0.5) is 0 Å². The van der Waals surface area contributed by atoms with E-state index in [0.29, 0.717) is 25.9 Å². The molecule has 1 N–H and O–H groups in total. The number of carboxylic acids is 1. The van der Waals surface area contributed by atoms with E-state index in [2.05, 4.69) is 13.2 Å². The number of carbonyl (C=O) groups is 2. The van der Waals surface area contributed by atoms with E-state index in [4.69, 9.17) is 5.11 Å². The van der Waals surface area contributed by atoms with Gasteiger partial charge in [0.2, 0.25) is 5.91 Å². The van der Waals surface area contributed by atoms with Crippen LogP contribution in [0.1, 0.15) is 19.8 Å². The number of carbonyl (C=O) groups excluding carboxylic acids is 1. The molecule has 1 aliphatic rings. The molecule has 0 aromatic carbocycles. The third-order valence-electron chi connectivity index (χ3n) is 3.49. The van der Waals surface area contributed by atoms with Gasteiger partial charge in [0.1, 0.15) is 0 Å². The predicted octanol–water partition coefficient (Wildman–Crippen LogP) is 1.93. The second kappa shape index (κ2) is 6.38. The minimum absolute atomic E-state index is 0.0135. The molecule has 0 saturated carbocycles. The first-order chi connectivity index (χ1) is 8.51. The predicted molar refractivity (Wildman–Crippen MR) is 70.0 cm³/mol. The van der Waals surface area contributed by atoms with Crippen LogP contribution in [-0.4, -0.2) is 35.0 Å². The Morgan fingerprint density at radius 2 is 1.89 bits per heavy atom. The van der Waals surface area contributed by atoms with E-state index in [-0.39, 0.29) is 17.7 Å². The lowest BCUT2D eigenvalue weighted by atomic mass is 9.99. The van der Waals surface area contributed by atoms with Gasteiger partial charge in [0, 0.05) is 19.0 Å². The van der Waals surface area contributed by atoms with Crippen LogP contribution in [0.5, 0.6) is 0 Å². The van der Waals surface area contributed by atoms with Gasteiger partial charge in [0.15, 0.2) is 0 Å². The number of hydrogen-bond donors (Lipinski definition) is 1. The topological polar surface area (TPSA) is 57.6 Å². The third kappa shape index (κ3) is 3.22. The summed E-state index contributed by atoms with van der Waals surface area (Å²) in [6.07, 6.45) is 4.65. The molecular formula is C14H21NO3. The van der Waals surface area contributed by atoms with Gasteiger partial charge >= 0.3 is 5.97 Å². The van der Waals surface area contributed by atoms with E-state index in [1.807, 2.05) is 6.92 Å². The van der Waals surface area contributed by atoms with Crippen molar-refractivity contribution < 1.29 is 14.7 Å². The molecule has 4 nitrogen and oxygen atoms in total. The Hall–Kier alpha value is -1.58. The number of aliphatic carboxylic acids is 1. The van der Waals surface area contributed by atoms with E-state index in [1.165, 1.54) is 0 Å². The molecule has 100 valence electrons. The highest BCUT2D eigenvalue weighted by Gasteiger charge is 2.38. The quantitative estimate of drug-likeness (QED) is 0.734. The maximum atomic E-state index is 12.3. The molecule has 2 atom stereocenters. The molecule has 0 aromatic rings. The van der Waals surface area contributed by atoms with Crippen molar-refractivity contribution in [2.75, 3.05) is 13.1 Å². The Bertz CT molecular complexity index is 341. The van der Waals surface area contributed by atoms with Gasteiger partial charge in [-0.15, -0.1) is 13.2 Å². The number of amides is 1. The number of carboxylic acid groups (broad SMARTS) is 1. The number of nitrogens with zero attached hydrogens (tertiary/aromatic N) is 1. The summed E-state index contributed by atoms with van der Waals surface area (Å²) in [7, 11) is 0. The van der Waals surface area contributed by atoms with Crippen molar-refractivity contribution in [3.63, 3.8) is 0 Å². The van der Waals surface area contributed by atoms with Gasteiger partial charge in [-0.3, -0.25) is 9.59 Å². The number of likely N-dealkylation sites (tertiary alicyclic amines) is 1. The van der Waals surface area contributed by atoms with E-state index < -0.39 is 11.9 Å². The lowest BCUT2D eigenvalue weighted by molar-refractivity contribution is -0.142. The summed E-state index contributed by atoms with van der Waals surface area (Å²) >= 11 is 0. The molecule has 0 unspecified atom stereocenters. The minimum atomic E-state index is -0.818. The van der Waals surface area contributed by atoms with Crippen LogP contribution < -0.4 is 0 Å². The third-order valence-corrected chi connectivity index (χ3v) is 3.49. The Morgan fingerprint density at radius 3 is 2.28 bits per heavy atom. The summed E-state index contributed by atoms with van der Waals surface area (Å²) < 4.78 is 0. The van der Waals surface area contributed by atoms with Gasteiger partial charge in [0.05, 0.1) is 5.92 Å². The molecule has 4 heteroatoms. The minimum Gasteiger partial charge on any atom is -0.481 e. The molecule has 18 heavy (non-hydrogen) atoms. The van der Waals surface area contributed by atoms with Crippen LogP contribution in [0, 0.1) is 17.8 Å². The maximum Gasteiger partial charge on any atom is 0.308 e. The highest BCUT2D eigenvalue weighted by atomic mass is 16.4. The van der Waals surface area contributed by atoms with E-state index in [1.54, 1.807) is 17.1 Å². The fourth-order valence-corrected chi connectivity index (χ4v) is 2.43. The number of rotatable bonds is 6. The zero-order valence-corrected chi connectivity index (χ0v) is 10.8. The molecule has 1 saturated heterocycles. The van der Waals surface area contributed by atoms with Gasteiger partial charge in [-0.25, -0.2) is 0 Å². The molecule has 1 aliphatic heterocycles. The second-order valence-electron chi connectivity index (χ2n) is 4.91. The lowest BCUT2D eigenvalue weighted by Gasteiger charge is -2.21. The summed E-state index contributed by atoms with van der Waals surface area (Å²) in [5, 5.41) is 9.06. The van der Waals surface area contributed by atoms with Crippen molar-refractivity contribution in [1.29, 1.82) is 0 Å². The highest BCUT2D eigenvalue weighted by molar-refractivity contribution is 5.81. The molecule has 0 bridgehead atoms. The van der Waals surface area contributed by atoms with Gasteiger partial charge in [-0.2, -0.15) is 0 Å². The SMILES string of the molecule is C=CCC(CC=C)C(=O)N1C[C@@H](C)[C@H](C(=O)O)C1. The summed E-state index contributed by atoms with van der Waals surface area (Å²) in [6, 6.07) is 0. The van der Waals surface area contributed by atoms with E-state index in [0.717, 1.165) is 0 Å². The van der Waals surface area contributed by atoms with Crippen LogP contribution in [-0.2, 0) is 9.59 Å². The second-order valence-corrected chi connectivity index (χ2v) is 4.91. The summed E-state index contributed by atoms with van der Waals surface area (Å²) in [6.45, 7) is 10.0. The lowest BCUT2D eigenvalue weighted by Crippen LogP contribution is -2.35. The summed E-state index contributed by atoms with van der Waals surface area (Å²) in [5.74, 6) is -1.38. The first kappa shape index (κ1) is 14.5. The summed E-state index contributed by atoms with van der Waals surface area (Å²) in [5.41, 5.74) is 0. The van der Waals surface area contributed by atoms with Gasteiger partial charge in [-0.05, 0) is 18.8 Å². The first-order valence-electron chi connectivity index (χ1n) is 6.24. The fourth-order valence-electron chi connectivity index (χ4n) is 2.43. The highest BCUT2D eigenvalue weighted by Crippen LogP contribution is 2.26. The van der Waals surface area contributed by atoms with Crippen LogP contribution >= 0.6 is 0 Å². The van der Waals surface area contributed by atoms with Crippen molar-refractivity contribution in [2.24, 2.45) is 17.8 Å². The Kier molecular flexibility index (Phi) is 5.13.